The van der Waals surface area contributed by atoms with Gasteiger partial charge in [-0.25, -0.2) is 4.98 Å². The number of benzene rings is 1. The van der Waals surface area contributed by atoms with Crippen molar-refractivity contribution >= 4 is 29.1 Å². The van der Waals surface area contributed by atoms with Crippen molar-refractivity contribution in [3.05, 3.63) is 35.0 Å². The second-order valence-electron chi connectivity index (χ2n) is 7.57. The van der Waals surface area contributed by atoms with Crippen LogP contribution in [0.15, 0.2) is 24.4 Å². The van der Waals surface area contributed by atoms with E-state index in [1.165, 1.54) is 6.20 Å². The van der Waals surface area contributed by atoms with Crippen LogP contribution in [0.1, 0.15) is 23.7 Å². The van der Waals surface area contributed by atoms with Crippen molar-refractivity contribution in [2.24, 2.45) is 0 Å². The Kier molecular flexibility index (Phi) is 7.75. The normalized spacial score (nSPS) is 15.9. The van der Waals surface area contributed by atoms with Gasteiger partial charge in [-0.3, -0.25) is 4.79 Å². The van der Waals surface area contributed by atoms with E-state index in [0.717, 1.165) is 13.0 Å². The molecule has 0 unspecified atom stereocenters. The Morgan fingerprint density at radius 3 is 2.94 bits per heavy atom. The third-order valence-corrected chi connectivity index (χ3v) is 5.12. The summed E-state index contributed by atoms with van der Waals surface area (Å²) in [5.41, 5.74) is 7.07. The summed E-state index contributed by atoms with van der Waals surface area (Å²) < 4.78 is 11.2. The van der Waals surface area contributed by atoms with Gasteiger partial charge in [-0.2, -0.15) is 4.98 Å². The molecule has 1 aliphatic heterocycles. The highest BCUT2D eigenvalue weighted by Gasteiger charge is 2.28. The van der Waals surface area contributed by atoms with E-state index < -0.39 is 0 Å². The molecule has 3 N–H and O–H groups in total. The molecule has 0 aliphatic carbocycles. The summed E-state index contributed by atoms with van der Waals surface area (Å²) in [6.45, 7) is 4.75. The molecule has 1 atom stereocenters. The molecule has 168 valence electrons. The van der Waals surface area contributed by atoms with Crippen LogP contribution in [-0.4, -0.2) is 78.7 Å². The lowest BCUT2D eigenvalue weighted by Crippen LogP contribution is -2.32. The Balaban J connectivity index is 1.61. The van der Waals surface area contributed by atoms with Gasteiger partial charge < -0.3 is 30.3 Å². The second-order valence-corrected chi connectivity index (χ2v) is 7.97. The Labute approximate surface area is 187 Å². The fraction of sp³-hybridized carbons (Fsp3) is 0.476. The molecule has 10 heteroatoms. The number of amides is 1. The molecule has 1 aliphatic rings. The molecule has 1 fully saturated rings. The minimum absolute atomic E-state index is 0.0317. The number of aromatic nitrogens is 2. The van der Waals surface area contributed by atoms with E-state index >= 15 is 0 Å². The summed E-state index contributed by atoms with van der Waals surface area (Å²) in [6.07, 6.45) is 2.29. The van der Waals surface area contributed by atoms with E-state index in [9.17, 15) is 4.79 Å². The van der Waals surface area contributed by atoms with Crippen LogP contribution in [0.3, 0.4) is 0 Å². The number of likely N-dealkylation sites (N-methyl/N-ethyl adjacent to an activating group) is 1. The number of nitrogens with zero attached hydrogens (tertiary/aromatic N) is 4. The van der Waals surface area contributed by atoms with Crippen molar-refractivity contribution in [2.75, 3.05) is 58.0 Å². The number of rotatable bonds is 9. The largest absolute Gasteiger partial charge is 0.490 e. The van der Waals surface area contributed by atoms with Crippen molar-refractivity contribution in [2.45, 2.75) is 19.4 Å². The topological polar surface area (TPSA) is 106 Å². The first-order chi connectivity index (χ1) is 14.9. The number of ether oxygens (including phenoxy) is 2. The monoisotopic (exact) mass is 448 g/mol. The lowest BCUT2D eigenvalue weighted by Gasteiger charge is -2.18. The number of nitrogen functional groups attached to an aromatic ring is 1. The number of halogens is 1. The van der Waals surface area contributed by atoms with Crippen molar-refractivity contribution in [3.63, 3.8) is 0 Å². The highest BCUT2D eigenvalue weighted by molar-refractivity contribution is 6.31. The highest BCUT2D eigenvalue weighted by atomic mass is 35.5. The standard InChI is InChI=1S/C21H29ClN6O3/c1-4-30-19-16(22)12-24-21(26-19)25-15-7-8-28(13-15)20(29)14-5-6-17(23)18(11-14)31-10-9-27(2)3/h5-6,11-12,15H,4,7-10,13,23H2,1-3H3,(H,24,25,26)/t15-/m1/s1. The average molecular weight is 449 g/mol. The van der Waals surface area contributed by atoms with E-state index in [1.54, 1.807) is 23.1 Å². The molecule has 9 nitrogen and oxygen atoms in total. The van der Waals surface area contributed by atoms with E-state index in [0.29, 0.717) is 60.2 Å². The van der Waals surface area contributed by atoms with Crippen molar-refractivity contribution in [3.8, 4) is 11.6 Å². The molecular weight excluding hydrogens is 420 g/mol. The zero-order chi connectivity index (χ0) is 22.4. The predicted octanol–water partition coefficient (Wildman–Crippen LogP) is 2.38. The fourth-order valence-corrected chi connectivity index (χ4v) is 3.36. The maximum atomic E-state index is 13.0. The van der Waals surface area contributed by atoms with Gasteiger partial charge in [-0.15, -0.1) is 0 Å². The molecule has 0 bridgehead atoms. The number of hydrogen-bond acceptors (Lipinski definition) is 8. The summed E-state index contributed by atoms with van der Waals surface area (Å²) in [6, 6.07) is 5.18. The summed E-state index contributed by atoms with van der Waals surface area (Å²) >= 11 is 6.04. The third-order valence-electron chi connectivity index (χ3n) is 4.86. The minimum atomic E-state index is -0.0613. The summed E-state index contributed by atoms with van der Waals surface area (Å²) in [5.74, 6) is 1.24. The van der Waals surface area contributed by atoms with Gasteiger partial charge in [0.2, 0.25) is 11.8 Å². The lowest BCUT2D eigenvalue weighted by molar-refractivity contribution is 0.0791. The van der Waals surface area contributed by atoms with Gasteiger partial charge in [0, 0.05) is 31.2 Å². The van der Waals surface area contributed by atoms with E-state index in [-0.39, 0.29) is 11.9 Å². The zero-order valence-corrected chi connectivity index (χ0v) is 18.9. The number of carbonyl (C=O) groups is 1. The van der Waals surface area contributed by atoms with Crippen LogP contribution in [0.5, 0.6) is 11.6 Å². The van der Waals surface area contributed by atoms with Gasteiger partial charge in [0.25, 0.3) is 5.91 Å². The smallest absolute Gasteiger partial charge is 0.254 e. The van der Waals surface area contributed by atoms with Crippen LogP contribution in [0.2, 0.25) is 5.02 Å². The Morgan fingerprint density at radius 2 is 2.19 bits per heavy atom. The van der Waals surface area contributed by atoms with E-state index in [1.807, 2.05) is 25.9 Å². The van der Waals surface area contributed by atoms with Crippen LogP contribution < -0.4 is 20.5 Å². The molecule has 2 aromatic rings. The van der Waals surface area contributed by atoms with Crippen molar-refractivity contribution in [1.82, 2.24) is 19.8 Å². The molecule has 1 saturated heterocycles. The molecule has 0 radical (unpaired) electrons. The quantitative estimate of drug-likeness (QED) is 0.563. The number of nitrogens with two attached hydrogens (primary N) is 1. The molecule has 1 aromatic carbocycles. The van der Waals surface area contributed by atoms with Crippen LogP contribution in [0.25, 0.3) is 0 Å². The molecule has 3 rings (SSSR count). The molecule has 0 spiro atoms. The first-order valence-electron chi connectivity index (χ1n) is 10.3. The van der Waals surface area contributed by atoms with Crippen LogP contribution in [0, 0.1) is 0 Å². The molecular formula is C21H29ClN6O3. The Morgan fingerprint density at radius 1 is 1.39 bits per heavy atom. The predicted molar refractivity (Wildman–Crippen MR) is 121 cm³/mol. The second kappa shape index (κ2) is 10.5. The molecule has 2 heterocycles. The highest BCUT2D eigenvalue weighted by Crippen LogP contribution is 2.26. The summed E-state index contributed by atoms with van der Waals surface area (Å²) in [4.78, 5) is 25.3. The Bertz CT molecular complexity index is 911. The van der Waals surface area contributed by atoms with Crippen LogP contribution in [0.4, 0.5) is 11.6 Å². The first-order valence-corrected chi connectivity index (χ1v) is 10.6. The summed E-state index contributed by atoms with van der Waals surface area (Å²) in [7, 11) is 3.94. The molecule has 0 saturated carbocycles. The van der Waals surface area contributed by atoms with Gasteiger partial charge in [0.05, 0.1) is 18.5 Å². The minimum Gasteiger partial charge on any atom is -0.490 e. The van der Waals surface area contributed by atoms with Gasteiger partial charge in [-0.1, -0.05) is 11.6 Å². The number of carbonyl (C=O) groups excluding carboxylic acids is 1. The number of anilines is 2. The average Bonchev–Trinajstić information content (AvgIpc) is 3.20. The van der Waals surface area contributed by atoms with Crippen LogP contribution in [-0.2, 0) is 0 Å². The Hall–Kier alpha value is -2.78. The van der Waals surface area contributed by atoms with Gasteiger partial charge in [0.15, 0.2) is 0 Å². The lowest BCUT2D eigenvalue weighted by atomic mass is 10.1. The van der Waals surface area contributed by atoms with Crippen molar-refractivity contribution in [1.29, 1.82) is 0 Å². The van der Waals surface area contributed by atoms with Crippen LogP contribution >= 0.6 is 11.6 Å². The van der Waals surface area contributed by atoms with Gasteiger partial charge in [0.1, 0.15) is 17.4 Å². The summed E-state index contributed by atoms with van der Waals surface area (Å²) in [5, 5.41) is 3.62. The van der Waals surface area contributed by atoms with Crippen molar-refractivity contribution < 1.29 is 14.3 Å². The molecule has 1 amide bonds. The maximum absolute atomic E-state index is 13.0. The fourth-order valence-electron chi connectivity index (χ4n) is 3.22. The van der Waals surface area contributed by atoms with E-state index in [4.69, 9.17) is 26.8 Å². The number of likely N-dealkylation sites (tertiary alicyclic amines) is 1. The van der Waals surface area contributed by atoms with E-state index in [2.05, 4.69) is 15.3 Å². The zero-order valence-electron chi connectivity index (χ0n) is 18.1. The van der Waals surface area contributed by atoms with Gasteiger partial charge >= 0.3 is 0 Å². The SMILES string of the molecule is CCOc1nc(N[C@@H]2CCN(C(=O)c3ccc(N)c(OCCN(C)C)c3)C2)ncc1Cl. The number of hydrogen-bond donors (Lipinski definition) is 2. The third kappa shape index (κ3) is 6.11. The first kappa shape index (κ1) is 22.9. The molecule has 31 heavy (non-hydrogen) atoms. The number of nitrogens with one attached hydrogen (secondary N) is 1. The maximum Gasteiger partial charge on any atom is 0.254 e. The molecule has 1 aromatic heterocycles. The van der Waals surface area contributed by atoms with Gasteiger partial charge in [-0.05, 0) is 45.6 Å².